The Hall–Kier alpha value is -2.38. The summed E-state index contributed by atoms with van der Waals surface area (Å²) in [6, 6.07) is 13.8. The molecule has 0 aliphatic rings. The maximum absolute atomic E-state index is 12.3. The molecule has 0 fully saturated rings. The lowest BCUT2D eigenvalue weighted by atomic mass is 10.1. The average molecular weight is 391 g/mol. The molecule has 0 radical (unpaired) electrons. The van der Waals surface area contributed by atoms with Crippen LogP contribution in [0.25, 0.3) is 0 Å². The van der Waals surface area contributed by atoms with Gasteiger partial charge < -0.3 is 10.1 Å². The second-order valence-corrected chi connectivity index (χ2v) is 8.78. The van der Waals surface area contributed by atoms with Crippen LogP contribution in [-0.2, 0) is 16.4 Å². The van der Waals surface area contributed by atoms with Gasteiger partial charge in [0.05, 0.1) is 11.0 Å². The highest BCUT2D eigenvalue weighted by molar-refractivity contribution is 7.89. The van der Waals surface area contributed by atoms with Crippen LogP contribution < -0.4 is 10.1 Å². The summed E-state index contributed by atoms with van der Waals surface area (Å²) in [6.45, 7) is 4.40. The zero-order valence-electron chi connectivity index (χ0n) is 16.1. The van der Waals surface area contributed by atoms with Gasteiger partial charge in [0.1, 0.15) is 5.75 Å². The normalized spacial score (nSPS) is 11.6. The molecular weight excluding hydrogens is 364 g/mol. The SMILES string of the molecule is CC(C)Oc1ccc(CCNC(=O)c2cccc(S(=O)(=O)N(C)C)c2)cc1. The van der Waals surface area contributed by atoms with E-state index in [4.69, 9.17) is 4.74 Å². The summed E-state index contributed by atoms with van der Waals surface area (Å²) in [5.74, 6) is 0.516. The smallest absolute Gasteiger partial charge is 0.251 e. The number of ether oxygens (including phenoxy) is 1. The van der Waals surface area contributed by atoms with E-state index in [0.29, 0.717) is 18.5 Å². The van der Waals surface area contributed by atoms with Gasteiger partial charge in [-0.05, 0) is 56.2 Å². The first-order chi connectivity index (χ1) is 12.7. The third-order valence-corrected chi connectivity index (χ3v) is 5.68. The van der Waals surface area contributed by atoms with Gasteiger partial charge in [0.2, 0.25) is 10.0 Å². The van der Waals surface area contributed by atoms with Gasteiger partial charge >= 0.3 is 0 Å². The molecule has 6 nitrogen and oxygen atoms in total. The first kappa shape index (κ1) is 20.9. The standard InChI is InChI=1S/C20H26N2O4S/c1-15(2)26-18-10-8-16(9-11-18)12-13-21-20(23)17-6-5-7-19(14-17)27(24,25)22(3)4/h5-11,14-15H,12-13H2,1-4H3,(H,21,23). The van der Waals surface area contributed by atoms with Gasteiger partial charge in [-0.25, -0.2) is 12.7 Å². The van der Waals surface area contributed by atoms with E-state index in [2.05, 4.69) is 5.32 Å². The molecule has 0 saturated heterocycles. The first-order valence-electron chi connectivity index (χ1n) is 8.76. The lowest BCUT2D eigenvalue weighted by molar-refractivity contribution is 0.0954. The summed E-state index contributed by atoms with van der Waals surface area (Å²) in [7, 11) is -0.652. The zero-order chi connectivity index (χ0) is 20.0. The summed E-state index contributed by atoms with van der Waals surface area (Å²) in [4.78, 5) is 12.4. The number of carbonyl (C=O) groups excluding carboxylic acids is 1. The first-order valence-corrected chi connectivity index (χ1v) is 10.2. The van der Waals surface area contributed by atoms with Gasteiger partial charge in [-0.1, -0.05) is 18.2 Å². The molecule has 0 aromatic heterocycles. The van der Waals surface area contributed by atoms with Crippen LogP contribution in [0.3, 0.4) is 0 Å². The fourth-order valence-corrected chi connectivity index (χ4v) is 3.39. The van der Waals surface area contributed by atoms with Crippen molar-refractivity contribution in [2.75, 3.05) is 20.6 Å². The highest BCUT2D eigenvalue weighted by Gasteiger charge is 2.18. The van der Waals surface area contributed by atoms with Gasteiger partial charge in [0.25, 0.3) is 5.91 Å². The van der Waals surface area contributed by atoms with Crippen LogP contribution >= 0.6 is 0 Å². The van der Waals surface area contributed by atoms with Crippen LogP contribution in [0.2, 0.25) is 0 Å². The van der Waals surface area contributed by atoms with Crippen molar-refractivity contribution in [1.82, 2.24) is 9.62 Å². The van der Waals surface area contributed by atoms with Crippen LogP contribution in [-0.4, -0.2) is 45.4 Å². The Morgan fingerprint density at radius 2 is 1.78 bits per heavy atom. The molecule has 1 N–H and O–H groups in total. The molecule has 27 heavy (non-hydrogen) atoms. The van der Waals surface area contributed by atoms with Crippen molar-refractivity contribution in [2.45, 2.75) is 31.3 Å². The molecule has 7 heteroatoms. The van der Waals surface area contributed by atoms with Gasteiger partial charge in [-0.3, -0.25) is 4.79 Å². The molecule has 2 aromatic rings. The van der Waals surface area contributed by atoms with Crippen LogP contribution in [0.5, 0.6) is 5.75 Å². The molecule has 2 aromatic carbocycles. The van der Waals surface area contributed by atoms with E-state index in [9.17, 15) is 13.2 Å². The van der Waals surface area contributed by atoms with Gasteiger partial charge in [0.15, 0.2) is 0 Å². The molecule has 0 saturated carbocycles. The Bertz CT molecular complexity index is 875. The minimum absolute atomic E-state index is 0.0980. The molecule has 0 aliphatic heterocycles. The van der Waals surface area contributed by atoms with E-state index in [1.165, 1.54) is 26.2 Å². The van der Waals surface area contributed by atoms with Crippen LogP contribution in [0.15, 0.2) is 53.4 Å². The number of sulfonamides is 1. The van der Waals surface area contributed by atoms with Crippen molar-refractivity contribution < 1.29 is 17.9 Å². The molecule has 146 valence electrons. The Morgan fingerprint density at radius 1 is 1.11 bits per heavy atom. The number of benzene rings is 2. The van der Waals surface area contributed by atoms with Crippen molar-refractivity contribution in [3.05, 3.63) is 59.7 Å². The molecule has 0 aliphatic carbocycles. The minimum atomic E-state index is -3.57. The number of carbonyl (C=O) groups is 1. The highest BCUT2D eigenvalue weighted by atomic mass is 32.2. The van der Waals surface area contributed by atoms with Gasteiger partial charge in [-0.2, -0.15) is 0 Å². The molecule has 0 spiro atoms. The van der Waals surface area contributed by atoms with E-state index >= 15 is 0 Å². The summed E-state index contributed by atoms with van der Waals surface area (Å²) in [6.07, 6.45) is 0.797. The number of nitrogens with one attached hydrogen (secondary N) is 1. The third-order valence-electron chi connectivity index (χ3n) is 3.87. The molecule has 2 rings (SSSR count). The number of hydrogen-bond donors (Lipinski definition) is 1. The number of amides is 1. The van der Waals surface area contributed by atoms with E-state index in [1.54, 1.807) is 12.1 Å². The number of nitrogens with zero attached hydrogens (tertiary/aromatic N) is 1. The van der Waals surface area contributed by atoms with Crippen molar-refractivity contribution in [2.24, 2.45) is 0 Å². The maximum atomic E-state index is 12.3. The summed E-state index contributed by atoms with van der Waals surface area (Å²) >= 11 is 0. The second kappa shape index (κ2) is 9.01. The molecule has 0 heterocycles. The quantitative estimate of drug-likeness (QED) is 0.752. The van der Waals surface area contributed by atoms with Crippen molar-refractivity contribution in [3.63, 3.8) is 0 Å². The largest absolute Gasteiger partial charge is 0.491 e. The monoisotopic (exact) mass is 390 g/mol. The summed E-state index contributed by atoms with van der Waals surface area (Å²) in [5, 5.41) is 2.82. The number of hydrogen-bond acceptors (Lipinski definition) is 4. The molecule has 0 unspecified atom stereocenters. The lowest BCUT2D eigenvalue weighted by Crippen LogP contribution is -2.26. The van der Waals surface area contributed by atoms with E-state index < -0.39 is 10.0 Å². The minimum Gasteiger partial charge on any atom is -0.491 e. The highest BCUT2D eigenvalue weighted by Crippen LogP contribution is 2.16. The Balaban J connectivity index is 1.94. The lowest BCUT2D eigenvalue weighted by Gasteiger charge is -2.12. The van der Waals surface area contributed by atoms with Crippen LogP contribution in [0.4, 0.5) is 0 Å². The second-order valence-electron chi connectivity index (χ2n) is 6.63. The van der Waals surface area contributed by atoms with E-state index in [-0.39, 0.29) is 16.9 Å². The molecular formula is C20H26N2O4S. The average Bonchev–Trinajstić information content (AvgIpc) is 2.62. The molecule has 0 bridgehead atoms. The summed E-state index contributed by atoms with van der Waals surface area (Å²) < 4.78 is 31.1. The van der Waals surface area contributed by atoms with Crippen molar-refractivity contribution >= 4 is 15.9 Å². The zero-order valence-corrected chi connectivity index (χ0v) is 16.9. The van der Waals surface area contributed by atoms with E-state index in [1.807, 2.05) is 38.1 Å². The molecule has 1 amide bonds. The number of rotatable bonds is 8. The van der Waals surface area contributed by atoms with Crippen LogP contribution in [0.1, 0.15) is 29.8 Å². The Morgan fingerprint density at radius 3 is 2.37 bits per heavy atom. The fourth-order valence-electron chi connectivity index (χ4n) is 2.44. The fraction of sp³-hybridized carbons (Fsp3) is 0.350. The van der Waals surface area contributed by atoms with Gasteiger partial charge in [-0.15, -0.1) is 0 Å². The van der Waals surface area contributed by atoms with Crippen molar-refractivity contribution in [1.29, 1.82) is 0 Å². The van der Waals surface area contributed by atoms with Crippen LogP contribution in [0, 0.1) is 0 Å². The summed E-state index contributed by atoms with van der Waals surface area (Å²) in [5.41, 5.74) is 1.40. The Kier molecular flexibility index (Phi) is 6.98. The molecule has 0 atom stereocenters. The van der Waals surface area contributed by atoms with E-state index in [0.717, 1.165) is 15.6 Å². The van der Waals surface area contributed by atoms with Crippen molar-refractivity contribution in [3.8, 4) is 5.75 Å². The maximum Gasteiger partial charge on any atom is 0.251 e. The predicted molar refractivity (Wildman–Crippen MR) is 106 cm³/mol. The predicted octanol–water partition coefficient (Wildman–Crippen LogP) is 2.70. The van der Waals surface area contributed by atoms with Gasteiger partial charge in [0, 0.05) is 26.2 Å². The Labute approximate surface area is 161 Å². The third kappa shape index (κ3) is 5.80. The topological polar surface area (TPSA) is 75.7 Å².